The van der Waals surface area contributed by atoms with Crippen molar-refractivity contribution in [3.05, 3.63) is 34.9 Å². The van der Waals surface area contributed by atoms with E-state index in [4.69, 9.17) is 16.7 Å². The molecule has 1 aromatic rings. The second-order valence-electron chi connectivity index (χ2n) is 4.27. The van der Waals surface area contributed by atoms with E-state index >= 15 is 0 Å². The Kier molecular flexibility index (Phi) is 5.81. The molecule has 0 aliphatic heterocycles. The number of nitrogens with one attached hydrogen (secondary N) is 1. The lowest BCUT2D eigenvalue weighted by atomic mass is 9.96. The zero-order valence-electron chi connectivity index (χ0n) is 9.91. The number of halogens is 1. The lowest BCUT2D eigenvalue weighted by Gasteiger charge is -2.23. The van der Waals surface area contributed by atoms with E-state index in [1.54, 1.807) is 0 Å². The van der Waals surface area contributed by atoms with Gasteiger partial charge in [-0.05, 0) is 30.5 Å². The minimum absolute atomic E-state index is 0.223. The highest BCUT2D eigenvalue weighted by atomic mass is 35.5. The minimum Gasteiger partial charge on any atom is -0.396 e. The first-order valence-corrected chi connectivity index (χ1v) is 6.13. The molecule has 0 aromatic heterocycles. The molecule has 0 radical (unpaired) electrons. The lowest BCUT2D eigenvalue weighted by molar-refractivity contribution is 0.279. The van der Waals surface area contributed by atoms with E-state index < -0.39 is 0 Å². The molecule has 0 amide bonds. The molecule has 1 rings (SSSR count). The van der Waals surface area contributed by atoms with Crippen LogP contribution in [0.5, 0.6) is 0 Å². The number of aliphatic hydroxyl groups is 1. The second kappa shape index (κ2) is 6.89. The number of rotatable bonds is 6. The average molecular weight is 242 g/mol. The standard InChI is InChI=1S/C13H20ClNO/c1-10(2)13(15-8-5-9-16)11-6-3-4-7-12(11)14/h3-4,6-7,10,13,15-16H,5,8-9H2,1-2H3. The van der Waals surface area contributed by atoms with Gasteiger partial charge >= 0.3 is 0 Å². The van der Waals surface area contributed by atoms with Crippen LogP contribution in [0.4, 0.5) is 0 Å². The van der Waals surface area contributed by atoms with Crippen LogP contribution in [0.1, 0.15) is 31.9 Å². The number of hydrogen-bond acceptors (Lipinski definition) is 2. The Morgan fingerprint density at radius 2 is 2.00 bits per heavy atom. The van der Waals surface area contributed by atoms with E-state index in [9.17, 15) is 0 Å². The molecule has 2 N–H and O–H groups in total. The monoisotopic (exact) mass is 241 g/mol. The lowest BCUT2D eigenvalue weighted by Crippen LogP contribution is -2.27. The summed E-state index contributed by atoms with van der Waals surface area (Å²) in [5.74, 6) is 0.471. The SMILES string of the molecule is CC(C)C(NCCCO)c1ccccc1Cl. The van der Waals surface area contributed by atoms with Crippen LogP contribution in [0.15, 0.2) is 24.3 Å². The van der Waals surface area contributed by atoms with Crippen molar-refractivity contribution in [2.45, 2.75) is 26.3 Å². The van der Waals surface area contributed by atoms with Gasteiger partial charge < -0.3 is 10.4 Å². The van der Waals surface area contributed by atoms with Gasteiger partial charge in [0.25, 0.3) is 0 Å². The fourth-order valence-electron chi connectivity index (χ4n) is 1.77. The third kappa shape index (κ3) is 3.78. The van der Waals surface area contributed by atoms with Gasteiger partial charge in [-0.3, -0.25) is 0 Å². The number of benzene rings is 1. The Balaban J connectivity index is 2.74. The average Bonchev–Trinajstić information content (AvgIpc) is 2.25. The first kappa shape index (κ1) is 13.5. The Bertz CT molecular complexity index is 315. The summed E-state index contributed by atoms with van der Waals surface area (Å²) >= 11 is 6.19. The summed E-state index contributed by atoms with van der Waals surface area (Å²) in [7, 11) is 0. The van der Waals surface area contributed by atoms with Crippen molar-refractivity contribution in [3.8, 4) is 0 Å². The third-order valence-corrected chi connectivity index (χ3v) is 2.95. The van der Waals surface area contributed by atoms with Crippen molar-refractivity contribution >= 4 is 11.6 Å². The molecular formula is C13H20ClNO. The molecular weight excluding hydrogens is 222 g/mol. The molecule has 90 valence electrons. The summed E-state index contributed by atoms with van der Waals surface area (Å²) < 4.78 is 0. The van der Waals surface area contributed by atoms with Gasteiger partial charge in [-0.25, -0.2) is 0 Å². The van der Waals surface area contributed by atoms with Gasteiger partial charge in [-0.15, -0.1) is 0 Å². The van der Waals surface area contributed by atoms with Crippen LogP contribution in [0, 0.1) is 5.92 Å². The molecule has 2 nitrogen and oxygen atoms in total. The van der Waals surface area contributed by atoms with Crippen molar-refractivity contribution in [2.75, 3.05) is 13.2 Å². The van der Waals surface area contributed by atoms with E-state index in [1.807, 2.05) is 18.2 Å². The van der Waals surface area contributed by atoms with Gasteiger partial charge in [0.2, 0.25) is 0 Å². The fourth-order valence-corrected chi connectivity index (χ4v) is 2.02. The summed E-state index contributed by atoms with van der Waals surface area (Å²) in [5.41, 5.74) is 1.14. The van der Waals surface area contributed by atoms with Crippen LogP contribution < -0.4 is 5.32 Å². The topological polar surface area (TPSA) is 32.3 Å². The molecule has 0 heterocycles. The predicted octanol–water partition coefficient (Wildman–Crippen LogP) is 3.01. The van der Waals surface area contributed by atoms with Crippen LogP contribution in [0.2, 0.25) is 5.02 Å². The van der Waals surface area contributed by atoms with Gasteiger partial charge in [-0.1, -0.05) is 43.6 Å². The molecule has 0 fully saturated rings. The molecule has 0 spiro atoms. The maximum atomic E-state index is 8.78. The van der Waals surface area contributed by atoms with E-state index in [2.05, 4.69) is 25.2 Å². The molecule has 1 aromatic carbocycles. The Hall–Kier alpha value is -0.570. The molecule has 0 aliphatic carbocycles. The van der Waals surface area contributed by atoms with Crippen molar-refractivity contribution in [2.24, 2.45) is 5.92 Å². The molecule has 0 aliphatic rings. The fraction of sp³-hybridized carbons (Fsp3) is 0.538. The zero-order valence-corrected chi connectivity index (χ0v) is 10.7. The van der Waals surface area contributed by atoms with Gasteiger partial charge in [0, 0.05) is 17.7 Å². The molecule has 0 saturated carbocycles. The van der Waals surface area contributed by atoms with E-state index in [0.717, 1.165) is 23.6 Å². The van der Waals surface area contributed by atoms with E-state index in [0.29, 0.717) is 5.92 Å². The Labute approximate surface area is 103 Å². The van der Waals surface area contributed by atoms with E-state index in [1.165, 1.54) is 0 Å². The summed E-state index contributed by atoms with van der Waals surface area (Å²) in [5, 5.41) is 13.0. The molecule has 0 saturated heterocycles. The largest absolute Gasteiger partial charge is 0.396 e. The van der Waals surface area contributed by atoms with E-state index in [-0.39, 0.29) is 12.6 Å². The number of hydrogen-bond donors (Lipinski definition) is 2. The third-order valence-electron chi connectivity index (χ3n) is 2.61. The highest BCUT2D eigenvalue weighted by molar-refractivity contribution is 6.31. The summed E-state index contributed by atoms with van der Waals surface area (Å²) in [6, 6.07) is 8.17. The maximum Gasteiger partial charge on any atom is 0.0453 e. The van der Waals surface area contributed by atoms with Crippen LogP contribution in [0.25, 0.3) is 0 Å². The summed E-state index contributed by atoms with van der Waals surface area (Å²) in [6.07, 6.45) is 0.772. The van der Waals surface area contributed by atoms with Crippen LogP contribution in [0.3, 0.4) is 0 Å². The highest BCUT2D eigenvalue weighted by Gasteiger charge is 2.16. The minimum atomic E-state index is 0.223. The van der Waals surface area contributed by atoms with Gasteiger partial charge in [0.05, 0.1) is 0 Å². The molecule has 1 unspecified atom stereocenters. The van der Waals surface area contributed by atoms with Crippen molar-refractivity contribution in [1.29, 1.82) is 0 Å². The second-order valence-corrected chi connectivity index (χ2v) is 4.68. The normalized spacial score (nSPS) is 13.1. The maximum absolute atomic E-state index is 8.78. The van der Waals surface area contributed by atoms with Crippen molar-refractivity contribution in [3.63, 3.8) is 0 Å². The van der Waals surface area contributed by atoms with Gasteiger partial charge in [-0.2, -0.15) is 0 Å². The van der Waals surface area contributed by atoms with Gasteiger partial charge in [0.1, 0.15) is 0 Å². The summed E-state index contributed by atoms with van der Waals surface area (Å²) in [6.45, 7) is 5.37. The molecule has 0 bridgehead atoms. The Morgan fingerprint density at radius 1 is 1.31 bits per heavy atom. The smallest absolute Gasteiger partial charge is 0.0453 e. The van der Waals surface area contributed by atoms with Crippen LogP contribution in [-0.4, -0.2) is 18.3 Å². The highest BCUT2D eigenvalue weighted by Crippen LogP contribution is 2.27. The predicted molar refractivity (Wildman–Crippen MR) is 68.7 cm³/mol. The number of aliphatic hydroxyl groups excluding tert-OH is 1. The Morgan fingerprint density at radius 3 is 2.56 bits per heavy atom. The molecule has 1 atom stereocenters. The molecule has 16 heavy (non-hydrogen) atoms. The quantitative estimate of drug-likeness (QED) is 0.751. The first-order chi connectivity index (χ1) is 7.66. The zero-order chi connectivity index (χ0) is 12.0. The summed E-state index contributed by atoms with van der Waals surface area (Å²) in [4.78, 5) is 0. The molecule has 3 heteroatoms. The van der Waals surface area contributed by atoms with Crippen molar-refractivity contribution in [1.82, 2.24) is 5.32 Å². The van der Waals surface area contributed by atoms with Crippen LogP contribution >= 0.6 is 11.6 Å². The van der Waals surface area contributed by atoms with Crippen LogP contribution in [-0.2, 0) is 0 Å². The van der Waals surface area contributed by atoms with Crippen molar-refractivity contribution < 1.29 is 5.11 Å². The van der Waals surface area contributed by atoms with Gasteiger partial charge in [0.15, 0.2) is 0 Å². The first-order valence-electron chi connectivity index (χ1n) is 5.75.